The molecule has 0 aromatic heterocycles. The Morgan fingerprint density at radius 3 is 2.71 bits per heavy atom. The van der Waals surface area contributed by atoms with Gasteiger partial charge in [0, 0.05) is 10.4 Å². The van der Waals surface area contributed by atoms with Crippen molar-refractivity contribution < 1.29 is 4.39 Å². The lowest BCUT2D eigenvalue weighted by Gasteiger charge is -2.10. The van der Waals surface area contributed by atoms with Crippen molar-refractivity contribution in [1.29, 1.82) is 0 Å². The number of benzene rings is 1. The van der Waals surface area contributed by atoms with Crippen molar-refractivity contribution in [2.45, 2.75) is 25.7 Å². The zero-order chi connectivity index (χ0) is 10.6. The van der Waals surface area contributed by atoms with Crippen molar-refractivity contribution in [1.82, 2.24) is 0 Å². The van der Waals surface area contributed by atoms with Gasteiger partial charge in [-0.05, 0) is 36.6 Å². The fraction of sp³-hybridized carbons (Fsp3) is 0.417. The molecule has 0 saturated heterocycles. The Bertz CT molecular complexity index is 296. The van der Waals surface area contributed by atoms with Crippen LogP contribution in [0, 0.1) is 6.92 Å². The van der Waals surface area contributed by atoms with Crippen LogP contribution in [0.25, 0.3) is 0 Å². The van der Waals surface area contributed by atoms with E-state index in [1.165, 1.54) is 5.56 Å². The van der Waals surface area contributed by atoms with Gasteiger partial charge in [0.05, 0.1) is 6.67 Å². The molecule has 77 valence electrons. The third-order valence-corrected chi connectivity index (χ3v) is 2.63. The molecule has 0 amide bonds. The maximum atomic E-state index is 12.4. The molecule has 0 aliphatic rings. The van der Waals surface area contributed by atoms with Crippen LogP contribution in [0.4, 0.5) is 4.39 Å². The Kier molecular flexibility index (Phi) is 4.59. The van der Waals surface area contributed by atoms with Crippen LogP contribution in [0.3, 0.4) is 0 Å². The van der Waals surface area contributed by atoms with E-state index in [2.05, 4.69) is 35.8 Å². The van der Waals surface area contributed by atoms with Gasteiger partial charge in [-0.2, -0.15) is 0 Å². The van der Waals surface area contributed by atoms with E-state index in [0.29, 0.717) is 0 Å². The summed E-state index contributed by atoms with van der Waals surface area (Å²) in [5.41, 5.74) is 2.23. The van der Waals surface area contributed by atoms with Crippen LogP contribution in [0.1, 0.15) is 30.4 Å². The third-order valence-electron chi connectivity index (χ3n) is 2.18. The highest BCUT2D eigenvalue weighted by Crippen LogP contribution is 2.23. The predicted octanol–water partition coefficient (Wildman–Crippen LogP) is 4.29. The Morgan fingerprint density at radius 2 is 2.14 bits per heavy atom. The Labute approximate surface area is 93.7 Å². The summed E-state index contributed by atoms with van der Waals surface area (Å²) in [6.45, 7) is 5.51. The molecular weight excluding hydrogens is 243 g/mol. The van der Waals surface area contributed by atoms with Crippen LogP contribution in [0.15, 0.2) is 22.7 Å². The van der Waals surface area contributed by atoms with Crippen LogP contribution >= 0.6 is 15.9 Å². The van der Waals surface area contributed by atoms with E-state index in [4.69, 9.17) is 0 Å². The number of aryl methyl sites for hydroxylation is 1. The van der Waals surface area contributed by atoms with E-state index in [9.17, 15) is 4.39 Å². The van der Waals surface area contributed by atoms with Gasteiger partial charge in [0.1, 0.15) is 0 Å². The first-order chi connectivity index (χ1) is 6.67. The number of hydrogen-bond acceptors (Lipinski definition) is 0. The van der Waals surface area contributed by atoms with Crippen LogP contribution in [0.5, 0.6) is 0 Å². The maximum Gasteiger partial charge on any atom is 0.0962 e. The number of hydrogen-bond donors (Lipinski definition) is 0. The van der Waals surface area contributed by atoms with Gasteiger partial charge < -0.3 is 0 Å². The Balaban J connectivity index is 2.94. The second-order valence-electron chi connectivity index (χ2n) is 3.49. The van der Waals surface area contributed by atoms with Crippen LogP contribution < -0.4 is 0 Å². The van der Waals surface area contributed by atoms with E-state index in [1.807, 2.05) is 12.1 Å². The fourth-order valence-corrected chi connectivity index (χ4v) is 1.99. The maximum absolute atomic E-state index is 12.4. The fourth-order valence-electron chi connectivity index (χ4n) is 1.43. The van der Waals surface area contributed by atoms with Gasteiger partial charge in [-0.3, -0.25) is 4.39 Å². The Morgan fingerprint density at radius 1 is 1.43 bits per heavy atom. The molecule has 14 heavy (non-hydrogen) atoms. The summed E-state index contributed by atoms with van der Waals surface area (Å²) in [5.74, 6) is -0.247. The van der Waals surface area contributed by atoms with Crippen molar-refractivity contribution in [2.75, 3.05) is 6.67 Å². The summed E-state index contributed by atoms with van der Waals surface area (Å²) in [4.78, 5) is 0. The highest BCUT2D eigenvalue weighted by atomic mass is 79.9. The Hall–Kier alpha value is -0.370. The van der Waals surface area contributed by atoms with Gasteiger partial charge in [0.25, 0.3) is 0 Å². The lowest BCUT2D eigenvalue weighted by molar-refractivity contribution is 0.465. The van der Waals surface area contributed by atoms with Crippen molar-refractivity contribution in [3.05, 3.63) is 40.7 Å². The van der Waals surface area contributed by atoms with Crippen molar-refractivity contribution >= 4 is 15.9 Å². The first kappa shape index (κ1) is 11.7. The highest BCUT2D eigenvalue weighted by molar-refractivity contribution is 9.10. The summed E-state index contributed by atoms with van der Waals surface area (Å²) in [7, 11) is 0. The molecule has 1 aromatic rings. The molecule has 0 spiro atoms. The van der Waals surface area contributed by atoms with Gasteiger partial charge in [0.2, 0.25) is 0 Å². The summed E-state index contributed by atoms with van der Waals surface area (Å²) in [6, 6.07) is 6.07. The topological polar surface area (TPSA) is 0 Å². The summed E-state index contributed by atoms with van der Waals surface area (Å²) >= 11 is 3.43. The molecule has 0 fully saturated rings. The van der Waals surface area contributed by atoms with Gasteiger partial charge in [0.15, 0.2) is 0 Å². The highest BCUT2D eigenvalue weighted by Gasteiger charge is 2.07. The van der Waals surface area contributed by atoms with Crippen LogP contribution in [-0.4, -0.2) is 6.67 Å². The number of alkyl halides is 1. The largest absolute Gasteiger partial charge is 0.250 e. The quantitative estimate of drug-likeness (QED) is 0.755. The standard InChI is InChI=1S/C12H15BrF/c1-3-4-10-5-11(9(2)8-14)7-12(13)6-10/h5-7,9H,2-4,8H2,1H3. The van der Waals surface area contributed by atoms with E-state index in [-0.39, 0.29) is 5.92 Å². The van der Waals surface area contributed by atoms with Gasteiger partial charge in [-0.15, -0.1) is 0 Å². The van der Waals surface area contributed by atoms with Gasteiger partial charge in [-0.25, -0.2) is 0 Å². The second kappa shape index (κ2) is 5.50. The summed E-state index contributed by atoms with van der Waals surface area (Å²) in [5, 5.41) is 0. The molecule has 1 aromatic carbocycles. The molecule has 0 bridgehead atoms. The number of rotatable bonds is 4. The predicted molar refractivity (Wildman–Crippen MR) is 62.2 cm³/mol. The molecule has 0 heterocycles. The van der Waals surface area contributed by atoms with E-state index in [0.717, 1.165) is 22.9 Å². The van der Waals surface area contributed by atoms with E-state index >= 15 is 0 Å². The smallest absolute Gasteiger partial charge is 0.0962 e. The minimum Gasteiger partial charge on any atom is -0.250 e. The minimum atomic E-state index is -0.401. The molecule has 1 atom stereocenters. The van der Waals surface area contributed by atoms with Crippen molar-refractivity contribution in [3.63, 3.8) is 0 Å². The summed E-state index contributed by atoms with van der Waals surface area (Å²) in [6.07, 6.45) is 2.14. The molecule has 0 aliphatic heterocycles. The normalized spacial score (nSPS) is 12.9. The van der Waals surface area contributed by atoms with Crippen LogP contribution in [0.2, 0.25) is 0 Å². The average Bonchev–Trinajstić information content (AvgIpc) is 2.16. The lowest BCUT2D eigenvalue weighted by Crippen LogP contribution is -1.97. The monoisotopic (exact) mass is 257 g/mol. The van der Waals surface area contributed by atoms with E-state index < -0.39 is 6.67 Å². The molecule has 0 N–H and O–H groups in total. The molecule has 0 nitrogen and oxygen atoms in total. The summed E-state index contributed by atoms with van der Waals surface area (Å²) < 4.78 is 13.5. The molecule has 1 rings (SSSR count). The lowest BCUT2D eigenvalue weighted by atomic mass is 9.99. The first-order valence-corrected chi connectivity index (χ1v) is 5.65. The molecule has 1 unspecified atom stereocenters. The molecule has 1 radical (unpaired) electrons. The molecular formula is C12H15BrF. The first-order valence-electron chi connectivity index (χ1n) is 4.85. The van der Waals surface area contributed by atoms with E-state index in [1.54, 1.807) is 0 Å². The number of halogens is 2. The molecule has 2 heteroatoms. The van der Waals surface area contributed by atoms with Gasteiger partial charge in [-0.1, -0.05) is 35.3 Å². The SMILES string of the molecule is [CH2]C(CF)c1cc(Br)cc(CCC)c1. The zero-order valence-electron chi connectivity index (χ0n) is 8.39. The zero-order valence-corrected chi connectivity index (χ0v) is 9.98. The van der Waals surface area contributed by atoms with Crippen molar-refractivity contribution in [2.24, 2.45) is 0 Å². The average molecular weight is 258 g/mol. The minimum absolute atomic E-state index is 0.247. The van der Waals surface area contributed by atoms with Gasteiger partial charge >= 0.3 is 0 Å². The second-order valence-corrected chi connectivity index (χ2v) is 4.41. The van der Waals surface area contributed by atoms with Crippen molar-refractivity contribution in [3.8, 4) is 0 Å². The third kappa shape index (κ3) is 3.09. The molecule has 0 aliphatic carbocycles. The molecule has 0 saturated carbocycles. The van der Waals surface area contributed by atoms with Crippen LogP contribution in [-0.2, 0) is 6.42 Å².